The van der Waals surface area contributed by atoms with Crippen LogP contribution in [0.4, 0.5) is 10.5 Å². The fourth-order valence-corrected chi connectivity index (χ4v) is 3.64. The number of hydroxylamine groups is 3. The molecule has 0 aliphatic carbocycles. The van der Waals surface area contributed by atoms with Crippen molar-refractivity contribution in [2.24, 2.45) is 0 Å². The Kier molecular flexibility index (Phi) is 5.59. The van der Waals surface area contributed by atoms with Crippen LogP contribution in [0.3, 0.4) is 0 Å². The molecule has 0 unspecified atom stereocenters. The molecular weight excluding hydrogens is 388 g/mol. The van der Waals surface area contributed by atoms with Gasteiger partial charge < -0.3 is 25.0 Å². The van der Waals surface area contributed by atoms with E-state index < -0.39 is 0 Å². The number of rotatable bonds is 1. The number of imidazole rings is 1. The lowest BCUT2D eigenvalue weighted by Crippen LogP contribution is -2.55. The van der Waals surface area contributed by atoms with Gasteiger partial charge in [0, 0.05) is 25.2 Å². The number of quaternary nitrogens is 1. The van der Waals surface area contributed by atoms with Crippen LogP contribution in [0.5, 0.6) is 0 Å². The second kappa shape index (κ2) is 7.55. The number of hydrogen-bond donors (Lipinski definition) is 1. The zero-order chi connectivity index (χ0) is 21.6. The van der Waals surface area contributed by atoms with Gasteiger partial charge in [0.2, 0.25) is 0 Å². The lowest BCUT2D eigenvalue weighted by atomic mass is 9.96. The van der Waals surface area contributed by atoms with Gasteiger partial charge in [0.15, 0.2) is 5.11 Å². The van der Waals surface area contributed by atoms with Crippen LogP contribution in [0.15, 0.2) is 18.2 Å². The van der Waals surface area contributed by atoms with E-state index in [-0.39, 0.29) is 16.1 Å². The van der Waals surface area contributed by atoms with Crippen molar-refractivity contribution in [2.75, 3.05) is 52.6 Å². The highest BCUT2D eigenvalue weighted by Crippen LogP contribution is 2.28. The second-order valence-electron chi connectivity index (χ2n) is 9.06. The van der Waals surface area contributed by atoms with E-state index in [4.69, 9.17) is 17.2 Å². The summed E-state index contributed by atoms with van der Waals surface area (Å²) in [4.78, 5) is 21.2. The number of benzene rings is 1. The molecule has 0 spiro atoms. The van der Waals surface area contributed by atoms with Gasteiger partial charge in [0.05, 0.1) is 44.3 Å². The summed E-state index contributed by atoms with van der Waals surface area (Å²) in [5.41, 5.74) is 2.01. The summed E-state index contributed by atoms with van der Waals surface area (Å²) in [6.07, 6.45) is 0. The first-order chi connectivity index (χ1) is 13.4. The number of likely N-dealkylation sites (N-methyl/N-ethyl adjacent to an activating group) is 1. The summed E-state index contributed by atoms with van der Waals surface area (Å²) >= 11 is 5.55. The Hall–Kier alpha value is -2.23. The molecule has 9 heteroatoms. The van der Waals surface area contributed by atoms with Crippen molar-refractivity contribution in [1.82, 2.24) is 19.4 Å². The minimum absolute atomic E-state index is 0.138. The molecule has 1 N–H and O–H groups in total. The average molecular weight is 419 g/mol. The van der Waals surface area contributed by atoms with Crippen molar-refractivity contribution in [3.63, 3.8) is 0 Å². The number of piperazine rings is 1. The summed E-state index contributed by atoms with van der Waals surface area (Å²) < 4.78 is 1.44. The zero-order valence-corrected chi connectivity index (χ0v) is 18.8. The molecule has 1 aliphatic rings. The first kappa shape index (κ1) is 21.5. The van der Waals surface area contributed by atoms with Crippen LogP contribution in [0.25, 0.3) is 11.0 Å². The van der Waals surface area contributed by atoms with Crippen LogP contribution in [-0.4, -0.2) is 82.5 Å². The summed E-state index contributed by atoms with van der Waals surface area (Å²) in [6, 6.07) is 5.58. The van der Waals surface area contributed by atoms with Gasteiger partial charge in [-0.05, 0) is 30.4 Å². The molecule has 158 valence electrons. The van der Waals surface area contributed by atoms with Gasteiger partial charge in [-0.2, -0.15) is 0 Å². The molecule has 1 aliphatic heterocycles. The number of nitrogens with one attached hydrogen (secondary N) is 1. The van der Waals surface area contributed by atoms with Crippen molar-refractivity contribution in [2.45, 2.75) is 26.2 Å². The number of amides is 1. The zero-order valence-electron chi connectivity index (χ0n) is 18.0. The molecule has 0 saturated carbocycles. The van der Waals surface area contributed by atoms with Crippen LogP contribution in [0.2, 0.25) is 0 Å². The SMILES string of the molecule is CN(C)C(=O)n1c(C(C)(C)C)nc2ccc(NC(=S)N3CC[N+](C)([O-])CC3)cc21. The van der Waals surface area contributed by atoms with E-state index in [1.807, 2.05) is 43.9 Å². The Morgan fingerprint density at radius 3 is 2.45 bits per heavy atom. The van der Waals surface area contributed by atoms with Crippen molar-refractivity contribution >= 4 is 40.1 Å². The van der Waals surface area contributed by atoms with Crippen LogP contribution >= 0.6 is 12.2 Å². The summed E-state index contributed by atoms with van der Waals surface area (Å²) in [5.74, 6) is 0.717. The van der Waals surface area contributed by atoms with Crippen molar-refractivity contribution < 1.29 is 9.44 Å². The molecule has 1 aromatic heterocycles. The van der Waals surface area contributed by atoms with Gasteiger partial charge in [-0.3, -0.25) is 0 Å². The summed E-state index contributed by atoms with van der Waals surface area (Å²) in [7, 11) is 5.16. The molecule has 1 aromatic carbocycles. The molecular formula is C20H30N6O2S. The maximum Gasteiger partial charge on any atom is 0.329 e. The van der Waals surface area contributed by atoms with Gasteiger partial charge in [-0.15, -0.1) is 0 Å². The Balaban J connectivity index is 1.92. The standard InChI is InChI=1S/C20H30N6O2S/c1-20(2,3)17-22-15-8-7-14(13-16(15)25(17)19(27)23(4)5)21-18(29)24-9-11-26(6,28)12-10-24/h7-8,13H,9-12H2,1-6H3,(H,21,29). The van der Waals surface area contributed by atoms with Gasteiger partial charge in [-0.25, -0.2) is 14.3 Å². The normalized spacial score (nSPS) is 16.7. The third-order valence-electron chi connectivity index (χ3n) is 5.12. The maximum atomic E-state index is 12.9. The van der Waals surface area contributed by atoms with Gasteiger partial charge >= 0.3 is 6.03 Å². The molecule has 3 rings (SSSR count). The van der Waals surface area contributed by atoms with Gasteiger partial charge in [0.1, 0.15) is 5.82 Å². The second-order valence-corrected chi connectivity index (χ2v) is 9.45. The molecule has 29 heavy (non-hydrogen) atoms. The summed E-state index contributed by atoms with van der Waals surface area (Å²) in [5, 5.41) is 15.9. The Morgan fingerprint density at radius 1 is 1.28 bits per heavy atom. The maximum absolute atomic E-state index is 12.9. The van der Waals surface area contributed by atoms with E-state index in [1.165, 1.54) is 0 Å². The number of anilines is 1. The molecule has 0 bridgehead atoms. The minimum Gasteiger partial charge on any atom is -0.633 e. The first-order valence-corrected chi connectivity index (χ1v) is 10.2. The lowest BCUT2D eigenvalue weighted by Gasteiger charge is -2.45. The minimum atomic E-state index is -0.287. The van der Waals surface area contributed by atoms with Crippen molar-refractivity contribution in [1.29, 1.82) is 0 Å². The average Bonchev–Trinajstić information content (AvgIpc) is 2.99. The fourth-order valence-electron chi connectivity index (χ4n) is 3.34. The molecule has 0 radical (unpaired) electrons. The monoisotopic (exact) mass is 418 g/mol. The van der Waals surface area contributed by atoms with E-state index >= 15 is 0 Å². The highest BCUT2D eigenvalue weighted by Gasteiger charge is 2.27. The van der Waals surface area contributed by atoms with Crippen molar-refractivity contribution in [3.8, 4) is 0 Å². The van der Waals surface area contributed by atoms with Crippen LogP contribution < -0.4 is 5.32 Å². The number of carbonyl (C=O) groups excluding carboxylic acids is 1. The lowest BCUT2D eigenvalue weighted by molar-refractivity contribution is -0.864. The number of carbonyl (C=O) groups is 1. The Labute approximate surface area is 177 Å². The third-order valence-corrected chi connectivity index (χ3v) is 5.48. The van der Waals surface area contributed by atoms with Crippen molar-refractivity contribution in [3.05, 3.63) is 29.2 Å². The topological polar surface area (TPSA) is 76.5 Å². The van der Waals surface area contributed by atoms with Gasteiger partial charge in [0.25, 0.3) is 0 Å². The van der Waals surface area contributed by atoms with E-state index in [1.54, 1.807) is 30.6 Å². The Bertz CT molecular complexity index is 934. The fraction of sp³-hybridized carbons (Fsp3) is 0.550. The number of fused-ring (bicyclic) bond motifs is 1. The Morgan fingerprint density at radius 2 is 1.90 bits per heavy atom. The molecule has 1 fully saturated rings. The molecule has 2 heterocycles. The van der Waals surface area contributed by atoms with Crippen LogP contribution in [0, 0.1) is 5.21 Å². The highest BCUT2D eigenvalue weighted by molar-refractivity contribution is 7.80. The molecule has 2 aromatic rings. The number of nitrogens with zero attached hydrogens (tertiary/aromatic N) is 5. The molecule has 0 atom stereocenters. The third kappa shape index (κ3) is 4.52. The van der Waals surface area contributed by atoms with Crippen LogP contribution in [0.1, 0.15) is 26.6 Å². The van der Waals surface area contributed by atoms with E-state index in [2.05, 4.69) is 5.32 Å². The van der Waals surface area contributed by atoms with E-state index in [0.717, 1.165) is 22.5 Å². The predicted octanol–water partition coefficient (Wildman–Crippen LogP) is 2.82. The highest BCUT2D eigenvalue weighted by atomic mass is 32.1. The van der Waals surface area contributed by atoms with Crippen LogP contribution in [-0.2, 0) is 5.41 Å². The van der Waals surface area contributed by atoms with Gasteiger partial charge in [-0.1, -0.05) is 20.8 Å². The first-order valence-electron chi connectivity index (χ1n) is 9.75. The van der Waals surface area contributed by atoms with E-state index in [9.17, 15) is 10.0 Å². The molecule has 8 nitrogen and oxygen atoms in total. The van der Waals surface area contributed by atoms with E-state index in [0.29, 0.717) is 31.3 Å². The number of aromatic nitrogens is 2. The quantitative estimate of drug-likeness (QED) is 0.436. The summed E-state index contributed by atoms with van der Waals surface area (Å²) in [6.45, 7) is 8.40. The smallest absolute Gasteiger partial charge is 0.329 e. The molecule has 1 saturated heterocycles. The largest absolute Gasteiger partial charge is 0.633 e. The predicted molar refractivity (Wildman–Crippen MR) is 120 cm³/mol. The number of hydrogen-bond acceptors (Lipinski definition) is 4. The molecule has 1 amide bonds. The number of thiocarbonyl (C=S) groups is 1.